The van der Waals surface area contributed by atoms with Crippen LogP contribution in [0.5, 0.6) is 0 Å². The third-order valence-corrected chi connectivity index (χ3v) is 5.10. The largest absolute Gasteiger partial charge is 0.271 e. The molecule has 7 nitrogen and oxygen atoms in total. The molecular formula is C25H16N6O. The molecule has 152 valence electrons. The zero-order valence-corrected chi connectivity index (χ0v) is 16.8. The van der Waals surface area contributed by atoms with Crippen molar-refractivity contribution in [3.05, 3.63) is 96.5 Å². The van der Waals surface area contributed by atoms with Crippen LogP contribution in [0.4, 0.5) is 0 Å². The molecule has 3 aromatic rings. The zero-order chi connectivity index (χ0) is 21.9. The van der Waals surface area contributed by atoms with E-state index in [0.29, 0.717) is 17.0 Å². The van der Waals surface area contributed by atoms with E-state index in [1.54, 1.807) is 41.4 Å². The van der Waals surface area contributed by atoms with Crippen molar-refractivity contribution in [3.63, 3.8) is 0 Å². The van der Waals surface area contributed by atoms with Crippen molar-refractivity contribution in [2.45, 2.75) is 0 Å². The van der Waals surface area contributed by atoms with Gasteiger partial charge in [-0.05, 0) is 36.4 Å². The average Bonchev–Trinajstić information content (AvgIpc) is 3.27. The molecule has 1 amide bonds. The third kappa shape index (κ3) is 3.61. The Hall–Kier alpha value is -4.70. The number of carbonyl (C=O) groups excluding carboxylic acids is 1. The summed E-state index contributed by atoms with van der Waals surface area (Å²) in [6, 6.07) is 15.5. The van der Waals surface area contributed by atoms with Crippen molar-refractivity contribution in [1.82, 2.24) is 14.8 Å². The Labute approximate surface area is 184 Å². The number of benzene rings is 1. The standard InChI is InChI=1S/C25H16N6O/c26-15-18(24-28-22-9-5-4-8-21(22)25(32)29-24)14-19-16-31(20-6-2-1-3-7-20)30-23(19)17-10-12-27-13-11-17/h1-14,16,21H/b18-14+. The molecule has 1 unspecified atom stereocenters. The SMILES string of the molecule is N#C/C(=C\c1cn(-c2ccccc2)nc1-c1ccncc1)C1=NC(=O)C2C=CC=CC2=N1. The molecule has 1 aromatic carbocycles. The number of hydrogen-bond donors (Lipinski definition) is 0. The molecule has 2 aliphatic rings. The average molecular weight is 416 g/mol. The van der Waals surface area contributed by atoms with Crippen LogP contribution in [0.15, 0.2) is 101 Å². The van der Waals surface area contributed by atoms with Crippen LogP contribution in [0.25, 0.3) is 23.0 Å². The molecule has 3 heterocycles. The Morgan fingerprint density at radius 2 is 1.88 bits per heavy atom. The topological polar surface area (TPSA) is 96.3 Å². The smallest absolute Gasteiger partial charge is 0.260 e. The summed E-state index contributed by atoms with van der Waals surface area (Å²) in [7, 11) is 0. The summed E-state index contributed by atoms with van der Waals surface area (Å²) in [5.41, 5.74) is 3.89. The molecule has 1 atom stereocenters. The van der Waals surface area contributed by atoms with Gasteiger partial charge in [0.2, 0.25) is 0 Å². The minimum Gasteiger partial charge on any atom is -0.271 e. The van der Waals surface area contributed by atoms with E-state index in [-0.39, 0.29) is 17.3 Å². The van der Waals surface area contributed by atoms with Crippen molar-refractivity contribution in [2.24, 2.45) is 15.9 Å². The van der Waals surface area contributed by atoms with Crippen molar-refractivity contribution < 1.29 is 4.79 Å². The molecule has 2 aromatic heterocycles. The Kier molecular flexibility index (Phi) is 4.94. The van der Waals surface area contributed by atoms with Gasteiger partial charge < -0.3 is 0 Å². The van der Waals surface area contributed by atoms with Gasteiger partial charge in [-0.25, -0.2) is 9.67 Å². The fourth-order valence-electron chi connectivity index (χ4n) is 3.53. The fraction of sp³-hybridized carbons (Fsp3) is 0.0400. The maximum atomic E-state index is 12.5. The van der Waals surface area contributed by atoms with Gasteiger partial charge in [0.25, 0.3) is 5.91 Å². The van der Waals surface area contributed by atoms with Gasteiger partial charge in [-0.15, -0.1) is 0 Å². The van der Waals surface area contributed by atoms with E-state index in [2.05, 4.69) is 21.0 Å². The Morgan fingerprint density at radius 3 is 2.66 bits per heavy atom. The monoisotopic (exact) mass is 416 g/mol. The summed E-state index contributed by atoms with van der Waals surface area (Å²) in [6.45, 7) is 0. The second kappa shape index (κ2) is 8.20. The molecule has 1 aliphatic carbocycles. The van der Waals surface area contributed by atoms with Crippen molar-refractivity contribution >= 4 is 23.5 Å². The molecule has 0 fully saturated rings. The molecule has 0 saturated heterocycles. The Morgan fingerprint density at radius 1 is 1.06 bits per heavy atom. The zero-order valence-electron chi connectivity index (χ0n) is 16.8. The first-order chi connectivity index (χ1) is 15.7. The van der Waals surface area contributed by atoms with Gasteiger partial charge >= 0.3 is 0 Å². The number of amidine groups is 1. The maximum Gasteiger partial charge on any atom is 0.260 e. The number of rotatable bonds is 4. The van der Waals surface area contributed by atoms with Gasteiger partial charge in [-0.3, -0.25) is 9.78 Å². The summed E-state index contributed by atoms with van der Waals surface area (Å²) < 4.78 is 1.75. The number of aliphatic imine (C=N–C) groups is 2. The second-order valence-electron chi connectivity index (χ2n) is 7.15. The number of hydrogen-bond acceptors (Lipinski definition) is 5. The summed E-state index contributed by atoms with van der Waals surface area (Å²) >= 11 is 0. The normalized spacial score (nSPS) is 17.4. The van der Waals surface area contributed by atoms with Gasteiger partial charge in [-0.2, -0.15) is 15.4 Å². The molecule has 32 heavy (non-hydrogen) atoms. The molecule has 0 saturated carbocycles. The lowest BCUT2D eigenvalue weighted by atomic mass is 9.96. The van der Waals surface area contributed by atoms with Crippen LogP contribution < -0.4 is 0 Å². The summed E-state index contributed by atoms with van der Waals surface area (Å²) in [5, 5.41) is 14.6. The summed E-state index contributed by atoms with van der Waals surface area (Å²) in [5.74, 6) is -0.713. The van der Waals surface area contributed by atoms with Gasteiger partial charge in [0.1, 0.15) is 17.7 Å². The quantitative estimate of drug-likeness (QED) is 0.601. The molecule has 0 spiro atoms. The van der Waals surface area contributed by atoms with E-state index < -0.39 is 5.92 Å². The van der Waals surface area contributed by atoms with Crippen LogP contribution in [0.3, 0.4) is 0 Å². The van der Waals surface area contributed by atoms with Crippen molar-refractivity contribution in [1.29, 1.82) is 5.26 Å². The fourth-order valence-corrected chi connectivity index (χ4v) is 3.53. The molecule has 0 N–H and O–H groups in total. The van der Waals surface area contributed by atoms with Gasteiger partial charge in [-0.1, -0.05) is 36.4 Å². The summed E-state index contributed by atoms with van der Waals surface area (Å²) in [6.07, 6.45) is 14.0. The van der Waals surface area contributed by atoms with E-state index in [4.69, 9.17) is 5.10 Å². The van der Waals surface area contributed by atoms with Crippen LogP contribution in [0.1, 0.15) is 5.56 Å². The minimum absolute atomic E-state index is 0.108. The number of carbonyl (C=O) groups is 1. The third-order valence-electron chi connectivity index (χ3n) is 5.10. The number of aromatic nitrogens is 3. The number of amides is 1. The molecule has 0 radical (unpaired) electrons. The number of para-hydroxylation sites is 1. The highest BCUT2D eigenvalue weighted by Gasteiger charge is 2.27. The molecule has 7 heteroatoms. The van der Waals surface area contributed by atoms with Gasteiger partial charge in [0, 0.05) is 29.7 Å². The van der Waals surface area contributed by atoms with Crippen LogP contribution in [0.2, 0.25) is 0 Å². The summed E-state index contributed by atoms with van der Waals surface area (Å²) in [4.78, 5) is 25.1. The second-order valence-corrected chi connectivity index (χ2v) is 7.15. The molecule has 5 rings (SSSR count). The van der Waals surface area contributed by atoms with E-state index >= 15 is 0 Å². The van der Waals surface area contributed by atoms with Crippen LogP contribution in [-0.2, 0) is 4.79 Å². The van der Waals surface area contributed by atoms with E-state index in [9.17, 15) is 10.1 Å². The lowest BCUT2D eigenvalue weighted by Crippen LogP contribution is -2.27. The van der Waals surface area contributed by atoms with Crippen LogP contribution in [0, 0.1) is 17.2 Å². The predicted molar refractivity (Wildman–Crippen MR) is 122 cm³/mol. The minimum atomic E-state index is -0.489. The lowest BCUT2D eigenvalue weighted by molar-refractivity contribution is -0.118. The van der Waals surface area contributed by atoms with Crippen LogP contribution >= 0.6 is 0 Å². The number of fused-ring (bicyclic) bond motifs is 1. The first-order valence-corrected chi connectivity index (χ1v) is 9.96. The van der Waals surface area contributed by atoms with E-state index in [0.717, 1.165) is 11.3 Å². The first kappa shape index (κ1) is 19.3. The highest BCUT2D eigenvalue weighted by molar-refractivity contribution is 6.26. The molecular weight excluding hydrogens is 400 g/mol. The van der Waals surface area contributed by atoms with Gasteiger partial charge in [0.05, 0.1) is 17.0 Å². The van der Waals surface area contributed by atoms with Gasteiger partial charge in [0.15, 0.2) is 5.84 Å². The molecule has 0 bridgehead atoms. The van der Waals surface area contributed by atoms with Crippen molar-refractivity contribution in [3.8, 4) is 23.0 Å². The Balaban J connectivity index is 1.62. The molecule has 1 aliphatic heterocycles. The number of nitrogens with zero attached hydrogens (tertiary/aromatic N) is 6. The number of allylic oxidation sites excluding steroid dienone is 3. The Bertz CT molecular complexity index is 1390. The number of pyridine rings is 1. The first-order valence-electron chi connectivity index (χ1n) is 9.96. The predicted octanol–water partition coefficient (Wildman–Crippen LogP) is 3.96. The van der Waals surface area contributed by atoms with E-state index in [1.165, 1.54) is 0 Å². The number of nitriles is 1. The van der Waals surface area contributed by atoms with E-state index in [1.807, 2.05) is 54.7 Å². The van der Waals surface area contributed by atoms with Crippen molar-refractivity contribution in [2.75, 3.05) is 0 Å². The lowest BCUT2D eigenvalue weighted by Gasteiger charge is -2.17. The highest BCUT2D eigenvalue weighted by atomic mass is 16.1. The van der Waals surface area contributed by atoms with Crippen LogP contribution in [-0.4, -0.2) is 32.2 Å². The maximum absolute atomic E-state index is 12.5. The highest BCUT2D eigenvalue weighted by Crippen LogP contribution is 2.26.